The molecule has 3 atom stereocenters. The van der Waals surface area contributed by atoms with E-state index in [1.165, 1.54) is 24.3 Å². The third-order valence-electron chi connectivity index (χ3n) is 7.47. The summed E-state index contributed by atoms with van der Waals surface area (Å²) in [5, 5.41) is 43.9. The molecule has 0 bridgehead atoms. The normalized spacial score (nSPS) is 24.4. The molecule has 1 fully saturated rings. The summed E-state index contributed by atoms with van der Waals surface area (Å²) < 4.78 is 9.89. The van der Waals surface area contributed by atoms with Crippen molar-refractivity contribution in [1.82, 2.24) is 0 Å². The van der Waals surface area contributed by atoms with Crippen molar-refractivity contribution in [2.24, 2.45) is 17.6 Å². The number of nitrogens with two attached hydrogens (primary N) is 1. The Morgan fingerprint density at radius 3 is 2.44 bits per heavy atom. The molecule has 3 aliphatic carbocycles. The molecular formula is C28H26INO11. The molecule has 13 heteroatoms. The Morgan fingerprint density at radius 1 is 1.15 bits per heavy atom. The second-order valence-corrected chi connectivity index (χ2v) is 10.9. The molecule has 0 aromatic heterocycles. The molecule has 1 amide bonds. The molecule has 1 saturated carbocycles. The van der Waals surface area contributed by atoms with Crippen LogP contribution in [0, 0.1) is 11.8 Å². The van der Waals surface area contributed by atoms with Crippen molar-refractivity contribution in [2.75, 3.05) is 13.7 Å². The van der Waals surface area contributed by atoms with E-state index in [0.717, 1.165) is 7.11 Å². The lowest BCUT2D eigenvalue weighted by Crippen LogP contribution is -2.58. The number of phenolic OH excluding ortho intramolecular Hbond substituents is 1. The van der Waals surface area contributed by atoms with Crippen LogP contribution in [-0.2, 0) is 39.9 Å². The van der Waals surface area contributed by atoms with Crippen molar-refractivity contribution in [1.29, 1.82) is 0 Å². The van der Waals surface area contributed by atoms with E-state index in [1.807, 2.05) is 0 Å². The molecule has 0 heterocycles. The quantitative estimate of drug-likeness (QED) is 0.0963. The zero-order chi connectivity index (χ0) is 30.4. The lowest BCUT2D eigenvalue weighted by Gasteiger charge is -2.46. The van der Waals surface area contributed by atoms with Crippen LogP contribution in [0.1, 0.15) is 36.5 Å². The Kier molecular flexibility index (Phi) is 8.14. The zero-order valence-electron chi connectivity index (χ0n) is 21.9. The standard InChI is InChI=1S/C28H26INO11/c1-3-41-27(38)16(29)9-13(26(37)40-2)6-11-4-5-17(31)20-15(11)8-12-7-14-10-18(32)21(25(30)36)24(35)28(14,39)23(34)19(12)22(20)33/h4-6,9,12,14,31,33,35,39H,3,7-8,10H2,1-2H3,(H2,30,36)/b13-6-,16-9-/t12-,14+,28+/m1/s1. The highest BCUT2D eigenvalue weighted by atomic mass is 127. The highest BCUT2D eigenvalue weighted by molar-refractivity contribution is 14.1. The largest absolute Gasteiger partial charge is 0.508 e. The molecule has 6 N–H and O–H groups in total. The van der Waals surface area contributed by atoms with E-state index in [2.05, 4.69) is 0 Å². The number of aromatic hydroxyl groups is 1. The third-order valence-corrected chi connectivity index (χ3v) is 8.22. The van der Waals surface area contributed by atoms with Gasteiger partial charge in [0.2, 0.25) is 5.78 Å². The van der Waals surface area contributed by atoms with Gasteiger partial charge >= 0.3 is 11.9 Å². The van der Waals surface area contributed by atoms with E-state index in [9.17, 15) is 44.4 Å². The molecule has 41 heavy (non-hydrogen) atoms. The Labute approximate surface area is 246 Å². The van der Waals surface area contributed by atoms with E-state index < -0.39 is 76.1 Å². The van der Waals surface area contributed by atoms with Crippen LogP contribution in [0.25, 0.3) is 11.8 Å². The number of carbonyl (C=O) groups is 5. The highest BCUT2D eigenvalue weighted by Gasteiger charge is 2.60. The number of aliphatic hydroxyl groups is 3. The van der Waals surface area contributed by atoms with Crippen LogP contribution in [0.4, 0.5) is 0 Å². The fraction of sp³-hybridized carbons (Fsp3) is 0.321. The fourth-order valence-electron chi connectivity index (χ4n) is 5.62. The fourth-order valence-corrected chi connectivity index (χ4v) is 6.11. The topological polar surface area (TPSA) is 211 Å². The molecule has 0 aliphatic heterocycles. The minimum absolute atomic E-state index is 0.0295. The summed E-state index contributed by atoms with van der Waals surface area (Å²) in [5.41, 5.74) is 1.87. The molecule has 216 valence electrons. The van der Waals surface area contributed by atoms with Crippen molar-refractivity contribution < 1.29 is 53.9 Å². The minimum Gasteiger partial charge on any atom is -0.508 e. The summed E-state index contributed by atoms with van der Waals surface area (Å²) >= 11 is 1.71. The summed E-state index contributed by atoms with van der Waals surface area (Å²) in [4.78, 5) is 62.6. The summed E-state index contributed by atoms with van der Waals surface area (Å²) in [6, 6.07) is 2.70. The van der Waals surface area contributed by atoms with Crippen LogP contribution >= 0.6 is 22.6 Å². The van der Waals surface area contributed by atoms with Crippen LogP contribution < -0.4 is 5.73 Å². The number of fused-ring (bicyclic) bond motifs is 3. The summed E-state index contributed by atoms with van der Waals surface area (Å²) in [7, 11) is 1.15. The van der Waals surface area contributed by atoms with Crippen molar-refractivity contribution in [2.45, 2.75) is 31.8 Å². The van der Waals surface area contributed by atoms with Gasteiger partial charge in [-0.25, -0.2) is 9.59 Å². The van der Waals surface area contributed by atoms with Gasteiger partial charge in [-0.3, -0.25) is 14.4 Å². The number of halogens is 1. The molecule has 0 saturated heterocycles. The minimum atomic E-state index is -2.67. The molecule has 0 unspecified atom stereocenters. The van der Waals surface area contributed by atoms with E-state index in [-0.39, 0.29) is 39.7 Å². The average Bonchev–Trinajstić information content (AvgIpc) is 2.91. The number of primary amides is 1. The predicted molar refractivity (Wildman–Crippen MR) is 150 cm³/mol. The number of hydrogen-bond donors (Lipinski definition) is 5. The van der Waals surface area contributed by atoms with Gasteiger partial charge in [0.1, 0.15) is 22.8 Å². The van der Waals surface area contributed by atoms with E-state index in [1.54, 1.807) is 29.5 Å². The number of rotatable bonds is 6. The lowest BCUT2D eigenvalue weighted by atomic mass is 9.59. The smallest absolute Gasteiger partial charge is 0.344 e. The first-order valence-corrected chi connectivity index (χ1v) is 13.5. The van der Waals surface area contributed by atoms with Gasteiger partial charge in [0.05, 0.1) is 28.4 Å². The second kappa shape index (κ2) is 11.1. The van der Waals surface area contributed by atoms with Gasteiger partial charge in [0, 0.05) is 17.9 Å². The maximum atomic E-state index is 13.6. The molecule has 0 spiro atoms. The van der Waals surface area contributed by atoms with Gasteiger partial charge in [0.15, 0.2) is 11.4 Å². The summed E-state index contributed by atoms with van der Waals surface area (Å²) in [6.45, 7) is 1.75. The SMILES string of the molecule is CCOC(=O)/C(I)=C/C(=C/c1ccc(O)c2c1C[C@H]1C[C@H]3CC(=O)C(C(N)=O)=C(O)[C@@]3(O)C(=O)C1=C2O)C(=O)OC. The first-order chi connectivity index (χ1) is 19.3. The number of ketones is 2. The van der Waals surface area contributed by atoms with Gasteiger partial charge in [-0.15, -0.1) is 0 Å². The Bertz CT molecular complexity index is 1530. The summed E-state index contributed by atoms with van der Waals surface area (Å²) in [6.07, 6.45) is 2.18. The monoisotopic (exact) mass is 679 g/mol. The lowest BCUT2D eigenvalue weighted by molar-refractivity contribution is -0.147. The third kappa shape index (κ3) is 4.92. The van der Waals surface area contributed by atoms with Crippen LogP contribution in [0.3, 0.4) is 0 Å². The molecule has 3 aliphatic rings. The van der Waals surface area contributed by atoms with Crippen LogP contribution in [-0.4, -0.2) is 69.2 Å². The van der Waals surface area contributed by atoms with Crippen LogP contribution in [0.15, 0.2) is 44.3 Å². The number of carbonyl (C=O) groups excluding carboxylic acids is 5. The number of phenols is 1. The highest BCUT2D eigenvalue weighted by Crippen LogP contribution is 2.52. The van der Waals surface area contributed by atoms with Gasteiger partial charge in [-0.05, 0) is 77.6 Å². The van der Waals surface area contributed by atoms with Gasteiger partial charge in [-0.2, -0.15) is 0 Å². The molecule has 0 radical (unpaired) electrons. The predicted octanol–water partition coefficient (Wildman–Crippen LogP) is 1.86. The maximum Gasteiger partial charge on any atom is 0.344 e. The number of esters is 2. The van der Waals surface area contributed by atoms with Gasteiger partial charge in [-0.1, -0.05) is 6.07 Å². The number of Topliss-reactive ketones (excluding diaryl/α,β-unsaturated/α-hetero) is 2. The van der Waals surface area contributed by atoms with E-state index >= 15 is 0 Å². The van der Waals surface area contributed by atoms with Gasteiger partial charge < -0.3 is 35.6 Å². The first-order valence-electron chi connectivity index (χ1n) is 12.4. The number of methoxy groups -OCH3 is 1. The molecule has 1 aromatic carbocycles. The van der Waals surface area contributed by atoms with Crippen LogP contribution in [0.2, 0.25) is 0 Å². The molecule has 4 rings (SSSR count). The van der Waals surface area contributed by atoms with E-state index in [4.69, 9.17) is 15.2 Å². The number of ether oxygens (including phenoxy) is 2. The number of aliphatic hydroxyl groups excluding tert-OH is 2. The maximum absolute atomic E-state index is 13.6. The average molecular weight is 679 g/mol. The molecular weight excluding hydrogens is 653 g/mol. The van der Waals surface area contributed by atoms with Crippen molar-refractivity contribution in [3.63, 3.8) is 0 Å². The zero-order valence-corrected chi connectivity index (χ0v) is 24.1. The Morgan fingerprint density at radius 2 is 1.83 bits per heavy atom. The first kappa shape index (κ1) is 30.0. The molecule has 1 aromatic rings. The number of hydrogen-bond acceptors (Lipinski definition) is 11. The van der Waals surface area contributed by atoms with Crippen molar-refractivity contribution in [3.8, 4) is 5.75 Å². The second-order valence-electron chi connectivity index (χ2n) is 9.74. The summed E-state index contributed by atoms with van der Waals surface area (Å²) in [5.74, 6) is -8.80. The van der Waals surface area contributed by atoms with Crippen molar-refractivity contribution >= 4 is 63.8 Å². The van der Waals surface area contributed by atoms with E-state index in [0.29, 0.717) is 11.1 Å². The number of amides is 1. The van der Waals surface area contributed by atoms with Crippen LogP contribution in [0.5, 0.6) is 5.75 Å². The Hall–Kier alpha value is -3.98. The van der Waals surface area contributed by atoms with Crippen molar-refractivity contribution in [3.05, 3.63) is 61.0 Å². The number of benzene rings is 1. The van der Waals surface area contributed by atoms with Gasteiger partial charge in [0.25, 0.3) is 5.91 Å². The molecule has 12 nitrogen and oxygen atoms in total. The Balaban J connectivity index is 1.88.